The van der Waals surface area contributed by atoms with E-state index in [0.717, 1.165) is 28.0 Å². The molecule has 2 heterocycles. The van der Waals surface area contributed by atoms with Gasteiger partial charge in [-0.3, -0.25) is 4.98 Å². The standard InChI is InChI=1S/C25H20N3/c1-17-9-10-19(20-7-5-13-26-15-20)14-22(17)25-27-24-12-11-18-6-3-4-8-21(18)23(24)16-28(25)2/h3-16H,1-2H3/q+1. The van der Waals surface area contributed by atoms with Gasteiger partial charge < -0.3 is 0 Å². The monoisotopic (exact) mass is 362 g/mol. The van der Waals surface area contributed by atoms with Crippen LogP contribution in [0.1, 0.15) is 5.56 Å². The fourth-order valence-corrected chi connectivity index (χ4v) is 3.79. The van der Waals surface area contributed by atoms with Crippen LogP contribution in [0.2, 0.25) is 0 Å². The van der Waals surface area contributed by atoms with E-state index in [1.165, 1.54) is 21.7 Å². The molecular weight excluding hydrogens is 342 g/mol. The van der Waals surface area contributed by atoms with Gasteiger partial charge in [-0.1, -0.05) is 42.5 Å². The summed E-state index contributed by atoms with van der Waals surface area (Å²) in [4.78, 5) is 9.29. The molecule has 3 aromatic carbocycles. The normalized spacial score (nSPS) is 11.2. The molecule has 0 radical (unpaired) electrons. The minimum Gasteiger partial charge on any atom is -0.264 e. The molecule has 3 heteroatoms. The molecular formula is C25H20N3+. The van der Waals surface area contributed by atoms with Crippen molar-refractivity contribution in [2.24, 2.45) is 7.05 Å². The van der Waals surface area contributed by atoms with E-state index in [-0.39, 0.29) is 0 Å². The summed E-state index contributed by atoms with van der Waals surface area (Å²) in [6.45, 7) is 2.13. The van der Waals surface area contributed by atoms with Gasteiger partial charge in [0, 0.05) is 18.0 Å². The molecule has 0 amide bonds. The molecule has 0 aliphatic rings. The molecule has 5 aromatic rings. The van der Waals surface area contributed by atoms with Crippen LogP contribution in [0.5, 0.6) is 0 Å². The Kier molecular flexibility index (Phi) is 3.87. The first kappa shape index (κ1) is 16.6. The minimum atomic E-state index is 0.964. The third-order valence-corrected chi connectivity index (χ3v) is 5.30. The highest BCUT2D eigenvalue weighted by atomic mass is 15.0. The number of aromatic nitrogens is 3. The average molecular weight is 362 g/mol. The lowest BCUT2D eigenvalue weighted by Crippen LogP contribution is -2.32. The Morgan fingerprint density at radius 3 is 2.57 bits per heavy atom. The van der Waals surface area contributed by atoms with Crippen LogP contribution in [0.15, 0.2) is 85.3 Å². The molecule has 5 rings (SSSR count). The summed E-state index contributed by atoms with van der Waals surface area (Å²) in [7, 11) is 2.07. The van der Waals surface area contributed by atoms with Crippen LogP contribution in [-0.2, 0) is 7.05 Å². The Morgan fingerprint density at radius 1 is 0.821 bits per heavy atom. The Balaban J connectivity index is 1.73. The van der Waals surface area contributed by atoms with Crippen molar-refractivity contribution in [1.82, 2.24) is 9.97 Å². The van der Waals surface area contributed by atoms with Crippen LogP contribution in [0.3, 0.4) is 0 Å². The predicted octanol–water partition coefficient (Wildman–Crippen LogP) is 5.25. The lowest BCUT2D eigenvalue weighted by atomic mass is 10.00. The van der Waals surface area contributed by atoms with Gasteiger partial charge in [0.25, 0.3) is 0 Å². The Bertz CT molecular complexity index is 1320. The summed E-state index contributed by atoms with van der Waals surface area (Å²) in [5.74, 6) is 0.964. The maximum absolute atomic E-state index is 5.04. The van der Waals surface area contributed by atoms with E-state index in [4.69, 9.17) is 4.98 Å². The maximum atomic E-state index is 5.04. The van der Waals surface area contributed by atoms with Crippen LogP contribution < -0.4 is 4.57 Å². The minimum absolute atomic E-state index is 0.964. The van der Waals surface area contributed by atoms with Crippen molar-refractivity contribution >= 4 is 21.7 Å². The largest absolute Gasteiger partial charge is 0.331 e. The Labute approximate surface area is 164 Å². The molecule has 0 spiro atoms. The number of fused-ring (bicyclic) bond motifs is 3. The van der Waals surface area contributed by atoms with Crippen LogP contribution in [-0.4, -0.2) is 9.97 Å². The third kappa shape index (κ3) is 2.72. The number of hydrogen-bond donors (Lipinski definition) is 0. The molecule has 0 unspecified atom stereocenters. The van der Waals surface area contributed by atoms with Crippen molar-refractivity contribution in [2.75, 3.05) is 0 Å². The van der Waals surface area contributed by atoms with Crippen molar-refractivity contribution in [3.8, 4) is 22.5 Å². The van der Waals surface area contributed by atoms with Gasteiger partial charge in [0.1, 0.15) is 6.20 Å². The van der Waals surface area contributed by atoms with E-state index in [2.05, 4.69) is 90.4 Å². The van der Waals surface area contributed by atoms with Crippen LogP contribution in [0.25, 0.3) is 44.2 Å². The summed E-state index contributed by atoms with van der Waals surface area (Å²) in [5.41, 5.74) is 5.61. The van der Waals surface area contributed by atoms with Gasteiger partial charge in [-0.05, 0) is 58.1 Å². The first-order valence-electron chi connectivity index (χ1n) is 9.40. The molecule has 0 bridgehead atoms. The molecule has 134 valence electrons. The zero-order chi connectivity index (χ0) is 19.1. The molecule has 2 aromatic heterocycles. The quantitative estimate of drug-likeness (QED) is 0.317. The lowest BCUT2D eigenvalue weighted by molar-refractivity contribution is -0.661. The molecule has 0 saturated heterocycles. The first-order valence-corrected chi connectivity index (χ1v) is 9.40. The van der Waals surface area contributed by atoms with Crippen LogP contribution in [0, 0.1) is 6.92 Å². The predicted molar refractivity (Wildman–Crippen MR) is 114 cm³/mol. The molecule has 28 heavy (non-hydrogen) atoms. The highest BCUT2D eigenvalue weighted by molar-refractivity contribution is 6.05. The topological polar surface area (TPSA) is 29.7 Å². The number of rotatable bonds is 2. The molecule has 0 fully saturated rings. The van der Waals surface area contributed by atoms with Gasteiger partial charge in [0.2, 0.25) is 0 Å². The van der Waals surface area contributed by atoms with Crippen molar-refractivity contribution in [3.63, 3.8) is 0 Å². The fourth-order valence-electron chi connectivity index (χ4n) is 3.79. The van der Waals surface area contributed by atoms with Gasteiger partial charge in [0.05, 0.1) is 18.0 Å². The third-order valence-electron chi connectivity index (χ3n) is 5.30. The summed E-state index contributed by atoms with van der Waals surface area (Å²) in [6.07, 6.45) is 5.89. The zero-order valence-corrected chi connectivity index (χ0v) is 15.9. The van der Waals surface area contributed by atoms with E-state index in [1.807, 2.05) is 12.3 Å². The van der Waals surface area contributed by atoms with Crippen molar-refractivity contribution in [2.45, 2.75) is 6.92 Å². The van der Waals surface area contributed by atoms with Crippen molar-refractivity contribution < 1.29 is 4.57 Å². The van der Waals surface area contributed by atoms with Crippen LogP contribution in [0.4, 0.5) is 0 Å². The number of nitrogens with zero attached hydrogens (tertiary/aromatic N) is 3. The lowest BCUT2D eigenvalue weighted by Gasteiger charge is -2.08. The van der Waals surface area contributed by atoms with E-state index in [1.54, 1.807) is 6.20 Å². The molecule has 3 nitrogen and oxygen atoms in total. The smallest absolute Gasteiger partial charge is 0.264 e. The van der Waals surface area contributed by atoms with Crippen molar-refractivity contribution in [1.29, 1.82) is 0 Å². The van der Waals surface area contributed by atoms with E-state index in [0.29, 0.717) is 0 Å². The van der Waals surface area contributed by atoms with Crippen molar-refractivity contribution in [3.05, 3.63) is 90.9 Å². The second-order valence-corrected chi connectivity index (χ2v) is 7.17. The van der Waals surface area contributed by atoms with E-state index in [9.17, 15) is 0 Å². The summed E-state index contributed by atoms with van der Waals surface area (Å²) in [5, 5.41) is 3.64. The number of hydrogen-bond acceptors (Lipinski definition) is 2. The second kappa shape index (κ2) is 6.54. The van der Waals surface area contributed by atoms with Gasteiger partial charge >= 0.3 is 5.82 Å². The highest BCUT2D eigenvalue weighted by Crippen LogP contribution is 2.29. The van der Waals surface area contributed by atoms with Gasteiger partial charge in [-0.15, -0.1) is 0 Å². The number of aryl methyl sites for hydroxylation is 2. The Morgan fingerprint density at radius 2 is 1.71 bits per heavy atom. The summed E-state index contributed by atoms with van der Waals surface area (Å²) < 4.78 is 2.13. The molecule has 0 aliphatic carbocycles. The maximum Gasteiger partial charge on any atom is 0.331 e. The number of benzene rings is 3. The fraction of sp³-hybridized carbons (Fsp3) is 0.0800. The van der Waals surface area contributed by atoms with Gasteiger partial charge in [-0.25, -0.2) is 4.57 Å². The molecule has 0 atom stereocenters. The summed E-state index contributed by atoms with van der Waals surface area (Å²) in [6, 6.07) is 23.3. The number of pyridine rings is 1. The first-order chi connectivity index (χ1) is 13.7. The van der Waals surface area contributed by atoms with E-state index < -0.39 is 0 Å². The molecule has 0 saturated carbocycles. The molecule has 0 N–H and O–H groups in total. The van der Waals surface area contributed by atoms with Gasteiger partial charge in [-0.2, -0.15) is 0 Å². The summed E-state index contributed by atoms with van der Waals surface area (Å²) >= 11 is 0. The zero-order valence-electron chi connectivity index (χ0n) is 15.9. The SMILES string of the molecule is Cc1ccc(-c2cccnc2)cc1-c1nc2ccc3ccccc3c2c[n+]1C. The Hall–Kier alpha value is -3.59. The molecule has 0 aliphatic heterocycles. The van der Waals surface area contributed by atoms with E-state index >= 15 is 0 Å². The highest BCUT2D eigenvalue weighted by Gasteiger charge is 2.19. The van der Waals surface area contributed by atoms with Crippen LogP contribution >= 0.6 is 0 Å². The second-order valence-electron chi connectivity index (χ2n) is 7.17. The average Bonchev–Trinajstić information content (AvgIpc) is 2.74. The van der Waals surface area contributed by atoms with Gasteiger partial charge in [0.15, 0.2) is 5.52 Å².